The van der Waals surface area contributed by atoms with Crippen molar-refractivity contribution >= 4 is 33.4 Å². The Kier molecular flexibility index (Phi) is 6.64. The molecule has 3 aromatic rings. The minimum atomic E-state index is -0.221. The Balaban J connectivity index is 1.25. The second-order valence-corrected chi connectivity index (χ2v) is 9.16. The molecule has 0 spiro atoms. The van der Waals surface area contributed by atoms with Crippen LogP contribution >= 0.6 is 27.3 Å². The van der Waals surface area contributed by atoms with Crippen molar-refractivity contribution in [2.75, 3.05) is 26.2 Å². The van der Waals surface area contributed by atoms with Crippen LogP contribution < -0.4 is 0 Å². The van der Waals surface area contributed by atoms with Gasteiger partial charge in [0, 0.05) is 47.0 Å². The van der Waals surface area contributed by atoms with Gasteiger partial charge in [-0.05, 0) is 35.4 Å². The van der Waals surface area contributed by atoms with E-state index in [2.05, 4.69) is 51.2 Å². The van der Waals surface area contributed by atoms with Crippen molar-refractivity contribution in [2.45, 2.75) is 13.2 Å². The van der Waals surface area contributed by atoms with Gasteiger partial charge >= 0.3 is 6.09 Å². The van der Waals surface area contributed by atoms with Crippen LogP contribution in [0.15, 0.2) is 71.2 Å². The Morgan fingerprint density at radius 1 is 0.966 bits per heavy atom. The van der Waals surface area contributed by atoms with Crippen molar-refractivity contribution in [3.63, 3.8) is 0 Å². The molecule has 4 rings (SSSR count). The monoisotopic (exact) mass is 470 g/mol. The van der Waals surface area contributed by atoms with Crippen molar-refractivity contribution in [3.8, 4) is 10.4 Å². The maximum Gasteiger partial charge on any atom is 0.410 e. The highest BCUT2D eigenvalue weighted by molar-refractivity contribution is 9.10. The van der Waals surface area contributed by atoms with Gasteiger partial charge in [0.05, 0.1) is 0 Å². The molecular formula is C23H23BrN2O2S. The highest BCUT2D eigenvalue weighted by Crippen LogP contribution is 2.30. The number of ether oxygens (including phenoxy) is 1. The predicted octanol–water partition coefficient (Wildman–Crippen LogP) is 5.63. The number of carbonyl (C=O) groups is 1. The fraction of sp³-hybridized carbons (Fsp3) is 0.261. The van der Waals surface area contributed by atoms with E-state index in [4.69, 9.17) is 4.74 Å². The van der Waals surface area contributed by atoms with E-state index >= 15 is 0 Å². The van der Waals surface area contributed by atoms with E-state index in [1.54, 1.807) is 4.90 Å². The fourth-order valence-corrected chi connectivity index (χ4v) is 4.83. The van der Waals surface area contributed by atoms with E-state index in [0.717, 1.165) is 29.7 Å². The topological polar surface area (TPSA) is 32.8 Å². The number of hydrogen-bond acceptors (Lipinski definition) is 4. The summed E-state index contributed by atoms with van der Waals surface area (Å²) in [6.07, 6.45) is -0.221. The molecule has 1 aliphatic heterocycles. The van der Waals surface area contributed by atoms with Gasteiger partial charge in [-0.25, -0.2) is 4.79 Å². The quantitative estimate of drug-likeness (QED) is 0.484. The highest BCUT2D eigenvalue weighted by Gasteiger charge is 2.22. The van der Waals surface area contributed by atoms with Crippen LogP contribution in [0.25, 0.3) is 10.4 Å². The molecule has 29 heavy (non-hydrogen) atoms. The smallest absolute Gasteiger partial charge is 0.410 e. The molecule has 0 atom stereocenters. The predicted molar refractivity (Wildman–Crippen MR) is 121 cm³/mol. The summed E-state index contributed by atoms with van der Waals surface area (Å²) in [5.41, 5.74) is 2.25. The van der Waals surface area contributed by atoms with E-state index in [1.165, 1.54) is 15.3 Å². The number of amides is 1. The number of rotatable bonds is 5. The Labute approximate surface area is 183 Å². The summed E-state index contributed by atoms with van der Waals surface area (Å²) < 4.78 is 6.55. The van der Waals surface area contributed by atoms with Gasteiger partial charge in [0.2, 0.25) is 0 Å². The number of halogens is 1. The summed E-state index contributed by atoms with van der Waals surface area (Å²) >= 11 is 5.37. The number of benzene rings is 2. The number of piperazine rings is 1. The largest absolute Gasteiger partial charge is 0.445 e. The Hall–Kier alpha value is -2.15. The van der Waals surface area contributed by atoms with Gasteiger partial charge in [-0.1, -0.05) is 58.4 Å². The number of hydrogen-bond donors (Lipinski definition) is 0. The minimum Gasteiger partial charge on any atom is -0.445 e. The average Bonchev–Trinajstić information content (AvgIpc) is 3.22. The van der Waals surface area contributed by atoms with Gasteiger partial charge in [-0.3, -0.25) is 4.90 Å². The Morgan fingerprint density at radius 3 is 2.52 bits per heavy atom. The van der Waals surface area contributed by atoms with Crippen LogP contribution in [0.4, 0.5) is 4.79 Å². The molecule has 0 unspecified atom stereocenters. The minimum absolute atomic E-state index is 0.221. The number of carbonyl (C=O) groups excluding carboxylic acids is 1. The summed E-state index contributed by atoms with van der Waals surface area (Å²) in [7, 11) is 0. The average molecular weight is 471 g/mol. The van der Waals surface area contributed by atoms with Crippen LogP contribution in [-0.2, 0) is 17.9 Å². The van der Waals surface area contributed by atoms with Crippen LogP contribution in [-0.4, -0.2) is 42.1 Å². The molecule has 0 N–H and O–H groups in total. The van der Waals surface area contributed by atoms with Crippen molar-refractivity contribution in [1.29, 1.82) is 0 Å². The zero-order valence-corrected chi connectivity index (χ0v) is 18.5. The first-order chi connectivity index (χ1) is 14.2. The lowest BCUT2D eigenvalue weighted by Gasteiger charge is -2.33. The van der Waals surface area contributed by atoms with Gasteiger partial charge in [-0.15, -0.1) is 11.3 Å². The first-order valence-electron chi connectivity index (χ1n) is 9.70. The molecule has 0 saturated carbocycles. The van der Waals surface area contributed by atoms with Crippen molar-refractivity contribution in [3.05, 3.63) is 81.6 Å². The maximum atomic E-state index is 12.3. The second kappa shape index (κ2) is 9.57. The molecule has 4 nitrogen and oxygen atoms in total. The molecular weight excluding hydrogens is 448 g/mol. The highest BCUT2D eigenvalue weighted by atomic mass is 79.9. The van der Waals surface area contributed by atoms with Crippen LogP contribution in [0.1, 0.15) is 10.4 Å². The third-order valence-corrected chi connectivity index (χ3v) is 6.60. The van der Waals surface area contributed by atoms with E-state index in [9.17, 15) is 4.79 Å². The Bertz CT molecular complexity index is 952. The van der Waals surface area contributed by atoms with Gasteiger partial charge in [-0.2, -0.15) is 0 Å². The lowest BCUT2D eigenvalue weighted by atomic mass is 10.2. The standard InChI is InChI=1S/C23H23BrN2O2S/c24-20-8-4-7-19(15-20)22-10-9-21(29-22)16-25-11-13-26(14-12-25)23(27)28-17-18-5-2-1-3-6-18/h1-10,15H,11-14,16-17H2. The zero-order chi connectivity index (χ0) is 20.1. The second-order valence-electron chi connectivity index (χ2n) is 7.08. The molecule has 1 aromatic heterocycles. The third kappa shape index (κ3) is 5.47. The zero-order valence-electron chi connectivity index (χ0n) is 16.1. The summed E-state index contributed by atoms with van der Waals surface area (Å²) in [4.78, 5) is 19.1. The fourth-order valence-electron chi connectivity index (χ4n) is 3.38. The number of nitrogens with zero attached hydrogens (tertiary/aromatic N) is 2. The van der Waals surface area contributed by atoms with Gasteiger partial charge in [0.15, 0.2) is 0 Å². The lowest BCUT2D eigenvalue weighted by molar-refractivity contribution is 0.0703. The lowest BCUT2D eigenvalue weighted by Crippen LogP contribution is -2.48. The molecule has 2 heterocycles. The summed E-state index contributed by atoms with van der Waals surface area (Å²) in [6.45, 7) is 4.39. The molecule has 2 aromatic carbocycles. The van der Waals surface area contributed by atoms with Crippen molar-refractivity contribution in [1.82, 2.24) is 9.80 Å². The Morgan fingerprint density at radius 2 is 1.76 bits per heavy atom. The van der Waals surface area contributed by atoms with E-state index < -0.39 is 0 Å². The van der Waals surface area contributed by atoms with Gasteiger partial charge in [0.1, 0.15) is 6.61 Å². The normalized spacial score (nSPS) is 14.7. The molecule has 1 amide bonds. The molecule has 1 fully saturated rings. The molecule has 0 radical (unpaired) electrons. The third-order valence-electron chi connectivity index (χ3n) is 4.99. The van der Waals surface area contributed by atoms with Crippen LogP contribution in [0, 0.1) is 0 Å². The van der Waals surface area contributed by atoms with E-state index in [0.29, 0.717) is 19.7 Å². The molecule has 1 aliphatic rings. The SMILES string of the molecule is O=C(OCc1ccccc1)N1CCN(Cc2ccc(-c3cccc(Br)c3)s2)CC1. The molecule has 0 aliphatic carbocycles. The van der Waals surface area contributed by atoms with E-state index in [1.807, 2.05) is 47.7 Å². The van der Waals surface area contributed by atoms with Crippen LogP contribution in [0.3, 0.4) is 0 Å². The summed E-state index contributed by atoms with van der Waals surface area (Å²) in [6, 6.07) is 22.6. The molecule has 1 saturated heterocycles. The van der Waals surface area contributed by atoms with Gasteiger partial charge < -0.3 is 9.64 Å². The first kappa shape index (κ1) is 20.1. The van der Waals surface area contributed by atoms with Crippen molar-refractivity contribution < 1.29 is 9.53 Å². The maximum absolute atomic E-state index is 12.3. The van der Waals surface area contributed by atoms with Crippen LogP contribution in [0.5, 0.6) is 0 Å². The molecule has 6 heteroatoms. The molecule has 0 bridgehead atoms. The van der Waals surface area contributed by atoms with Crippen LogP contribution in [0.2, 0.25) is 0 Å². The van der Waals surface area contributed by atoms with Crippen molar-refractivity contribution in [2.24, 2.45) is 0 Å². The molecule has 150 valence electrons. The van der Waals surface area contributed by atoms with Gasteiger partial charge in [0.25, 0.3) is 0 Å². The number of thiophene rings is 1. The first-order valence-corrected chi connectivity index (χ1v) is 11.3. The summed E-state index contributed by atoms with van der Waals surface area (Å²) in [5, 5.41) is 0. The van der Waals surface area contributed by atoms with E-state index in [-0.39, 0.29) is 6.09 Å². The summed E-state index contributed by atoms with van der Waals surface area (Å²) in [5.74, 6) is 0.